The zero-order valence-electron chi connectivity index (χ0n) is 11.5. The van der Waals surface area contributed by atoms with E-state index in [4.69, 9.17) is 18.0 Å². The van der Waals surface area contributed by atoms with Gasteiger partial charge in [-0.3, -0.25) is 9.69 Å². The van der Waals surface area contributed by atoms with Crippen LogP contribution in [0.4, 0.5) is 0 Å². The monoisotopic (exact) mass is 300 g/mol. The fourth-order valence-corrected chi connectivity index (χ4v) is 2.26. The third-order valence-corrected chi connectivity index (χ3v) is 3.65. The van der Waals surface area contributed by atoms with Gasteiger partial charge in [0.15, 0.2) is 0 Å². The largest absolute Gasteiger partial charge is 0.393 e. The van der Waals surface area contributed by atoms with Gasteiger partial charge in [0.25, 0.3) is 0 Å². The van der Waals surface area contributed by atoms with Gasteiger partial charge in [0.1, 0.15) is 0 Å². The molecule has 0 saturated carbocycles. The lowest BCUT2D eigenvalue weighted by Crippen LogP contribution is -2.37. The van der Waals surface area contributed by atoms with E-state index >= 15 is 0 Å². The second-order valence-electron chi connectivity index (χ2n) is 4.56. The Kier molecular flexibility index (Phi) is 6.33. The maximum atomic E-state index is 11.9. The molecule has 2 N–H and O–H groups in total. The maximum absolute atomic E-state index is 11.9. The first-order valence-electron chi connectivity index (χ1n) is 6.00. The summed E-state index contributed by atoms with van der Waals surface area (Å²) in [6, 6.07) is 0. The first-order valence-corrected chi connectivity index (χ1v) is 7.29. The highest BCUT2D eigenvalue weighted by molar-refractivity contribution is 7.80. The van der Waals surface area contributed by atoms with Crippen molar-refractivity contribution >= 4 is 34.5 Å². The topological polar surface area (TPSA) is 62.5 Å². The molecule has 0 unspecified atom stereocenters. The average molecular weight is 300 g/mol. The number of nitrogens with two attached hydrogens (primary N) is 1. The van der Waals surface area contributed by atoms with Crippen LogP contribution < -0.4 is 5.73 Å². The molecule has 0 atom stereocenters. The number of thiocarbonyl (C=S) groups is 1. The molecule has 0 bridgehead atoms. The van der Waals surface area contributed by atoms with Gasteiger partial charge in [0.05, 0.1) is 22.2 Å². The molecule has 1 rings (SSSR count). The van der Waals surface area contributed by atoms with Crippen molar-refractivity contribution in [3.63, 3.8) is 0 Å². The van der Waals surface area contributed by atoms with E-state index in [-0.39, 0.29) is 5.91 Å². The Labute approximate surface area is 123 Å². The molecule has 0 aliphatic rings. The lowest BCUT2D eigenvalue weighted by Gasteiger charge is -2.21. The summed E-state index contributed by atoms with van der Waals surface area (Å²) in [4.78, 5) is 20.4. The first-order chi connectivity index (χ1) is 8.88. The van der Waals surface area contributed by atoms with E-state index in [9.17, 15) is 4.79 Å². The number of rotatable bonds is 7. The highest BCUT2D eigenvalue weighted by Gasteiger charge is 2.12. The molecule has 0 aliphatic heterocycles. The number of amides is 1. The van der Waals surface area contributed by atoms with Gasteiger partial charge in [-0.05, 0) is 14.0 Å². The van der Waals surface area contributed by atoms with Crippen LogP contribution in [0, 0.1) is 6.92 Å². The molecule has 5 nitrogen and oxygen atoms in total. The van der Waals surface area contributed by atoms with Gasteiger partial charge < -0.3 is 10.6 Å². The Morgan fingerprint density at radius 2 is 2.21 bits per heavy atom. The molecule has 19 heavy (non-hydrogen) atoms. The molecule has 1 amide bonds. The summed E-state index contributed by atoms with van der Waals surface area (Å²) in [5.74, 6) is 0.0608. The highest BCUT2D eigenvalue weighted by Crippen LogP contribution is 2.09. The zero-order valence-corrected chi connectivity index (χ0v) is 13.2. The van der Waals surface area contributed by atoms with E-state index in [0.717, 1.165) is 10.7 Å². The smallest absolute Gasteiger partial charge is 0.236 e. The quantitative estimate of drug-likeness (QED) is 0.762. The summed E-state index contributed by atoms with van der Waals surface area (Å²) in [5.41, 5.74) is 6.43. The van der Waals surface area contributed by atoms with Crippen molar-refractivity contribution in [3.8, 4) is 0 Å². The Hall–Kier alpha value is -1.05. The number of likely N-dealkylation sites (N-methyl/N-ethyl adjacent to an activating group) is 2. The summed E-state index contributed by atoms with van der Waals surface area (Å²) in [6.07, 6.45) is 0.562. The number of nitrogens with zero attached hydrogens (tertiary/aromatic N) is 3. The van der Waals surface area contributed by atoms with Crippen molar-refractivity contribution in [2.45, 2.75) is 19.9 Å². The predicted octanol–water partition coefficient (Wildman–Crippen LogP) is 1.02. The van der Waals surface area contributed by atoms with Gasteiger partial charge in [-0.2, -0.15) is 0 Å². The molecular formula is C12H20N4OS2. The van der Waals surface area contributed by atoms with Crippen LogP contribution in [0.15, 0.2) is 5.38 Å². The minimum absolute atomic E-state index is 0.0608. The molecule has 7 heteroatoms. The second kappa shape index (κ2) is 7.52. The Balaban J connectivity index is 2.36. The minimum atomic E-state index is 0.0608. The summed E-state index contributed by atoms with van der Waals surface area (Å²) in [7, 11) is 3.68. The van der Waals surface area contributed by atoms with Crippen LogP contribution in [-0.4, -0.2) is 52.9 Å². The van der Waals surface area contributed by atoms with Crippen molar-refractivity contribution in [2.24, 2.45) is 5.73 Å². The SMILES string of the molecule is Cc1nc(CN(C)CC(=O)N(C)CCC(N)=S)cs1. The normalized spacial score (nSPS) is 10.7. The molecule has 0 aliphatic carbocycles. The molecule has 1 aromatic heterocycles. The van der Waals surface area contributed by atoms with Crippen LogP contribution in [0.1, 0.15) is 17.1 Å². The molecule has 0 fully saturated rings. The average Bonchev–Trinajstić information content (AvgIpc) is 2.71. The number of carbonyl (C=O) groups excluding carboxylic acids is 1. The number of hydrogen-bond donors (Lipinski definition) is 1. The van der Waals surface area contributed by atoms with E-state index < -0.39 is 0 Å². The number of thiazole rings is 1. The van der Waals surface area contributed by atoms with Gasteiger partial charge in [-0.25, -0.2) is 4.98 Å². The van der Waals surface area contributed by atoms with Gasteiger partial charge in [0.2, 0.25) is 5.91 Å². The molecule has 0 radical (unpaired) electrons. The van der Waals surface area contributed by atoms with Crippen LogP contribution in [0.2, 0.25) is 0 Å². The van der Waals surface area contributed by atoms with Crippen LogP contribution >= 0.6 is 23.6 Å². The van der Waals surface area contributed by atoms with E-state index in [1.165, 1.54) is 0 Å². The minimum Gasteiger partial charge on any atom is -0.393 e. The second-order valence-corrected chi connectivity index (χ2v) is 6.15. The first kappa shape index (κ1) is 16.0. The van der Waals surface area contributed by atoms with Crippen molar-refractivity contribution in [1.82, 2.24) is 14.8 Å². The Morgan fingerprint density at radius 1 is 1.53 bits per heavy atom. The predicted molar refractivity (Wildman–Crippen MR) is 82.2 cm³/mol. The molecule has 106 valence electrons. The number of hydrogen-bond acceptors (Lipinski definition) is 5. The lowest BCUT2D eigenvalue weighted by molar-refractivity contribution is -0.130. The van der Waals surface area contributed by atoms with Gasteiger partial charge in [-0.1, -0.05) is 12.2 Å². The lowest BCUT2D eigenvalue weighted by atomic mass is 10.3. The molecular weight excluding hydrogens is 280 g/mol. The standard InChI is InChI=1S/C12H20N4OS2/c1-9-14-10(8-19-9)6-15(2)7-12(17)16(3)5-4-11(13)18/h8H,4-7H2,1-3H3,(H2,13,18). The van der Waals surface area contributed by atoms with E-state index in [0.29, 0.717) is 31.0 Å². The van der Waals surface area contributed by atoms with Crippen LogP contribution in [0.3, 0.4) is 0 Å². The highest BCUT2D eigenvalue weighted by atomic mass is 32.1. The summed E-state index contributed by atoms with van der Waals surface area (Å²) in [6.45, 7) is 3.59. The molecule has 0 spiro atoms. The third-order valence-electron chi connectivity index (χ3n) is 2.62. The summed E-state index contributed by atoms with van der Waals surface area (Å²) < 4.78 is 0. The zero-order chi connectivity index (χ0) is 14.4. The molecule has 0 saturated heterocycles. The molecule has 1 aromatic rings. The van der Waals surface area contributed by atoms with E-state index in [1.807, 2.05) is 24.3 Å². The summed E-state index contributed by atoms with van der Waals surface area (Å²) in [5, 5.41) is 3.07. The third kappa shape index (κ3) is 6.09. The number of aryl methyl sites for hydroxylation is 1. The fourth-order valence-electron chi connectivity index (χ4n) is 1.57. The van der Waals surface area contributed by atoms with Crippen molar-refractivity contribution < 1.29 is 4.79 Å². The van der Waals surface area contributed by atoms with Crippen LogP contribution in [0.5, 0.6) is 0 Å². The number of carbonyl (C=O) groups is 1. The maximum Gasteiger partial charge on any atom is 0.236 e. The van der Waals surface area contributed by atoms with E-state index in [1.54, 1.807) is 23.3 Å². The van der Waals surface area contributed by atoms with Crippen molar-refractivity contribution in [2.75, 3.05) is 27.2 Å². The van der Waals surface area contributed by atoms with Gasteiger partial charge >= 0.3 is 0 Å². The van der Waals surface area contributed by atoms with Gasteiger partial charge in [0, 0.05) is 31.9 Å². The summed E-state index contributed by atoms with van der Waals surface area (Å²) >= 11 is 6.42. The molecule has 0 aromatic carbocycles. The molecule has 1 heterocycles. The van der Waals surface area contributed by atoms with Crippen molar-refractivity contribution in [1.29, 1.82) is 0 Å². The Morgan fingerprint density at radius 3 is 2.74 bits per heavy atom. The van der Waals surface area contributed by atoms with Crippen molar-refractivity contribution in [3.05, 3.63) is 16.1 Å². The number of aromatic nitrogens is 1. The fraction of sp³-hybridized carbons (Fsp3) is 0.583. The van der Waals surface area contributed by atoms with E-state index in [2.05, 4.69) is 4.98 Å². The van der Waals surface area contributed by atoms with Crippen LogP contribution in [0.25, 0.3) is 0 Å². The van der Waals surface area contributed by atoms with Crippen LogP contribution in [-0.2, 0) is 11.3 Å². The Bertz CT molecular complexity index is 447. The van der Waals surface area contributed by atoms with Gasteiger partial charge in [-0.15, -0.1) is 11.3 Å².